The third kappa shape index (κ3) is 3.01. The SMILES string of the molecule is CCOc1ccc(NC(=O)c2ccc(Cl)o2)cn1. The number of hydrogen-bond donors (Lipinski definition) is 1. The van der Waals surface area contributed by atoms with Gasteiger partial charge in [0.1, 0.15) is 0 Å². The number of anilines is 1. The van der Waals surface area contributed by atoms with Gasteiger partial charge in [0.15, 0.2) is 11.0 Å². The maximum Gasteiger partial charge on any atom is 0.291 e. The van der Waals surface area contributed by atoms with Crippen LogP contribution in [-0.2, 0) is 0 Å². The smallest absolute Gasteiger partial charge is 0.291 e. The summed E-state index contributed by atoms with van der Waals surface area (Å²) >= 11 is 5.59. The van der Waals surface area contributed by atoms with Crippen molar-refractivity contribution in [2.75, 3.05) is 11.9 Å². The number of nitrogens with one attached hydrogen (secondary N) is 1. The number of pyridine rings is 1. The molecule has 5 nitrogen and oxygen atoms in total. The van der Waals surface area contributed by atoms with Gasteiger partial charge in [-0.25, -0.2) is 4.98 Å². The quantitative estimate of drug-likeness (QED) is 0.924. The molecule has 0 bridgehead atoms. The Morgan fingerprint density at radius 3 is 2.83 bits per heavy atom. The Balaban J connectivity index is 2.03. The van der Waals surface area contributed by atoms with Gasteiger partial charge in [0.25, 0.3) is 5.91 Å². The summed E-state index contributed by atoms with van der Waals surface area (Å²) < 4.78 is 10.2. The molecule has 0 saturated carbocycles. The normalized spacial score (nSPS) is 10.1. The van der Waals surface area contributed by atoms with Crippen molar-refractivity contribution in [2.24, 2.45) is 0 Å². The van der Waals surface area contributed by atoms with Crippen LogP contribution in [0.1, 0.15) is 17.5 Å². The van der Waals surface area contributed by atoms with E-state index in [1.54, 1.807) is 12.1 Å². The van der Waals surface area contributed by atoms with E-state index in [1.807, 2.05) is 6.92 Å². The van der Waals surface area contributed by atoms with E-state index in [9.17, 15) is 4.79 Å². The fourth-order valence-electron chi connectivity index (χ4n) is 1.32. The first-order valence-electron chi connectivity index (χ1n) is 5.34. The Hall–Kier alpha value is -2.01. The average molecular weight is 267 g/mol. The molecule has 0 unspecified atom stereocenters. The van der Waals surface area contributed by atoms with Gasteiger partial charge >= 0.3 is 0 Å². The lowest BCUT2D eigenvalue weighted by Gasteiger charge is -2.04. The van der Waals surface area contributed by atoms with E-state index in [4.69, 9.17) is 20.8 Å². The van der Waals surface area contributed by atoms with Crippen LogP contribution in [0, 0.1) is 0 Å². The first kappa shape index (κ1) is 12.4. The number of hydrogen-bond acceptors (Lipinski definition) is 4. The van der Waals surface area contributed by atoms with Crippen LogP contribution in [0.25, 0.3) is 0 Å². The maximum atomic E-state index is 11.7. The highest BCUT2D eigenvalue weighted by atomic mass is 35.5. The highest BCUT2D eigenvalue weighted by molar-refractivity contribution is 6.29. The average Bonchev–Trinajstić information content (AvgIpc) is 2.79. The van der Waals surface area contributed by atoms with E-state index in [1.165, 1.54) is 18.3 Å². The number of ether oxygens (including phenoxy) is 1. The molecule has 1 amide bonds. The van der Waals surface area contributed by atoms with Crippen molar-refractivity contribution in [3.63, 3.8) is 0 Å². The van der Waals surface area contributed by atoms with Crippen LogP contribution in [0.15, 0.2) is 34.9 Å². The number of carbonyl (C=O) groups excluding carboxylic acids is 1. The van der Waals surface area contributed by atoms with Crippen molar-refractivity contribution in [2.45, 2.75) is 6.92 Å². The summed E-state index contributed by atoms with van der Waals surface area (Å²) in [6.45, 7) is 2.42. The molecule has 2 heterocycles. The molecule has 94 valence electrons. The Morgan fingerprint density at radius 1 is 1.44 bits per heavy atom. The van der Waals surface area contributed by atoms with E-state index in [2.05, 4.69) is 10.3 Å². The molecule has 0 aliphatic heterocycles. The Labute approximate surface area is 109 Å². The predicted octanol–water partition coefficient (Wildman–Crippen LogP) is 2.98. The van der Waals surface area contributed by atoms with Crippen molar-refractivity contribution in [1.29, 1.82) is 0 Å². The molecule has 0 aromatic carbocycles. The molecule has 0 aliphatic carbocycles. The summed E-state index contributed by atoms with van der Waals surface area (Å²) in [6.07, 6.45) is 1.51. The summed E-state index contributed by atoms with van der Waals surface area (Å²) in [5.41, 5.74) is 0.552. The minimum atomic E-state index is -0.382. The zero-order chi connectivity index (χ0) is 13.0. The zero-order valence-electron chi connectivity index (χ0n) is 9.64. The highest BCUT2D eigenvalue weighted by Crippen LogP contribution is 2.16. The fraction of sp³-hybridized carbons (Fsp3) is 0.167. The van der Waals surface area contributed by atoms with Crippen LogP contribution in [0.5, 0.6) is 5.88 Å². The molecule has 2 aromatic rings. The van der Waals surface area contributed by atoms with Gasteiger partial charge in [0.05, 0.1) is 18.5 Å². The Bertz CT molecular complexity index is 537. The lowest BCUT2D eigenvalue weighted by molar-refractivity contribution is 0.0996. The lowest BCUT2D eigenvalue weighted by Crippen LogP contribution is -2.11. The molecule has 1 N–H and O–H groups in total. The molecule has 18 heavy (non-hydrogen) atoms. The highest BCUT2D eigenvalue weighted by Gasteiger charge is 2.10. The van der Waals surface area contributed by atoms with Gasteiger partial charge in [-0.3, -0.25) is 4.79 Å². The van der Waals surface area contributed by atoms with E-state index in [-0.39, 0.29) is 16.9 Å². The molecule has 6 heteroatoms. The molecule has 0 saturated heterocycles. The summed E-state index contributed by atoms with van der Waals surface area (Å²) in [6, 6.07) is 6.38. The Morgan fingerprint density at radius 2 is 2.28 bits per heavy atom. The van der Waals surface area contributed by atoms with Crippen LogP contribution in [0.3, 0.4) is 0 Å². The van der Waals surface area contributed by atoms with Gasteiger partial charge in [-0.2, -0.15) is 0 Å². The summed E-state index contributed by atoms with van der Waals surface area (Å²) in [7, 11) is 0. The van der Waals surface area contributed by atoms with E-state index >= 15 is 0 Å². The van der Waals surface area contributed by atoms with Gasteiger partial charge in [-0.1, -0.05) is 0 Å². The fourth-order valence-corrected chi connectivity index (χ4v) is 1.46. The molecule has 0 spiro atoms. The molecular weight excluding hydrogens is 256 g/mol. The van der Waals surface area contributed by atoms with Crippen molar-refractivity contribution in [3.8, 4) is 5.88 Å². The van der Waals surface area contributed by atoms with Crippen molar-refractivity contribution >= 4 is 23.2 Å². The van der Waals surface area contributed by atoms with E-state index in [0.717, 1.165) is 0 Å². The zero-order valence-corrected chi connectivity index (χ0v) is 10.4. The van der Waals surface area contributed by atoms with Gasteiger partial charge in [0.2, 0.25) is 5.88 Å². The summed E-state index contributed by atoms with van der Waals surface area (Å²) in [5.74, 6) is 0.276. The second-order valence-corrected chi connectivity index (χ2v) is 3.75. The van der Waals surface area contributed by atoms with E-state index in [0.29, 0.717) is 18.2 Å². The predicted molar refractivity (Wildman–Crippen MR) is 67.1 cm³/mol. The number of carbonyl (C=O) groups is 1. The van der Waals surface area contributed by atoms with Crippen LogP contribution in [0.2, 0.25) is 5.22 Å². The Kier molecular flexibility index (Phi) is 3.84. The first-order chi connectivity index (χ1) is 8.69. The molecule has 2 aromatic heterocycles. The van der Waals surface area contributed by atoms with Crippen molar-refractivity contribution in [3.05, 3.63) is 41.4 Å². The monoisotopic (exact) mass is 266 g/mol. The maximum absolute atomic E-state index is 11.7. The van der Waals surface area contributed by atoms with Crippen LogP contribution in [0.4, 0.5) is 5.69 Å². The van der Waals surface area contributed by atoms with E-state index < -0.39 is 0 Å². The molecule has 0 radical (unpaired) electrons. The second-order valence-electron chi connectivity index (χ2n) is 3.38. The molecular formula is C12H11ClN2O3. The largest absolute Gasteiger partial charge is 0.478 e. The summed E-state index contributed by atoms with van der Waals surface area (Å²) in [5, 5.41) is 2.80. The van der Waals surface area contributed by atoms with Crippen LogP contribution < -0.4 is 10.1 Å². The number of aromatic nitrogens is 1. The lowest BCUT2D eigenvalue weighted by atomic mass is 10.3. The third-order valence-electron chi connectivity index (χ3n) is 2.08. The van der Waals surface area contributed by atoms with Crippen LogP contribution in [-0.4, -0.2) is 17.5 Å². The number of furan rings is 1. The van der Waals surface area contributed by atoms with Gasteiger partial charge in [0, 0.05) is 6.07 Å². The van der Waals surface area contributed by atoms with Crippen LogP contribution >= 0.6 is 11.6 Å². The number of rotatable bonds is 4. The number of amides is 1. The van der Waals surface area contributed by atoms with Gasteiger partial charge in [-0.15, -0.1) is 0 Å². The second kappa shape index (κ2) is 5.55. The minimum Gasteiger partial charge on any atom is -0.478 e. The number of nitrogens with zero attached hydrogens (tertiary/aromatic N) is 1. The topological polar surface area (TPSA) is 64.4 Å². The van der Waals surface area contributed by atoms with Gasteiger partial charge < -0.3 is 14.5 Å². The molecule has 0 atom stereocenters. The first-order valence-corrected chi connectivity index (χ1v) is 5.72. The molecule has 2 rings (SSSR count). The minimum absolute atomic E-state index is 0.147. The standard InChI is InChI=1S/C12H11ClN2O3/c1-2-17-11-6-3-8(7-14-11)15-12(16)9-4-5-10(13)18-9/h3-7H,2H2,1H3,(H,15,16). The molecule has 0 fully saturated rings. The summed E-state index contributed by atoms with van der Waals surface area (Å²) in [4.78, 5) is 15.7. The van der Waals surface area contributed by atoms with Crippen molar-refractivity contribution < 1.29 is 13.9 Å². The van der Waals surface area contributed by atoms with Gasteiger partial charge in [-0.05, 0) is 36.7 Å². The number of halogens is 1. The third-order valence-corrected chi connectivity index (χ3v) is 2.29. The molecule has 0 aliphatic rings. The van der Waals surface area contributed by atoms with Crippen molar-refractivity contribution in [1.82, 2.24) is 4.98 Å².